The Bertz CT molecular complexity index is 555. The summed E-state index contributed by atoms with van der Waals surface area (Å²) in [6.45, 7) is 1.89. The number of para-hydroxylation sites is 1. The van der Waals surface area contributed by atoms with Gasteiger partial charge in [-0.3, -0.25) is 0 Å². The van der Waals surface area contributed by atoms with E-state index in [1.807, 2.05) is 19.1 Å². The molecule has 0 heterocycles. The minimum absolute atomic E-state index is 0.466. The zero-order chi connectivity index (χ0) is 12.4. The van der Waals surface area contributed by atoms with Gasteiger partial charge in [0.05, 0.1) is 10.0 Å². The summed E-state index contributed by atoms with van der Waals surface area (Å²) in [6.07, 6.45) is 0. The van der Waals surface area contributed by atoms with Crippen molar-refractivity contribution in [2.24, 2.45) is 0 Å². The van der Waals surface area contributed by atoms with Gasteiger partial charge in [0.15, 0.2) is 0 Å². The van der Waals surface area contributed by atoms with Gasteiger partial charge in [-0.2, -0.15) is 0 Å². The molecule has 0 saturated heterocycles. The van der Waals surface area contributed by atoms with Gasteiger partial charge in [0.2, 0.25) is 0 Å². The number of nitrogens with two attached hydrogens (primary N) is 1. The van der Waals surface area contributed by atoms with Crippen molar-refractivity contribution in [3.05, 3.63) is 52.0 Å². The molecule has 0 saturated carbocycles. The Hall–Kier alpha value is -1.38. The van der Waals surface area contributed by atoms with Crippen LogP contribution in [0.25, 0.3) is 0 Å². The molecule has 2 nitrogen and oxygen atoms in total. The summed E-state index contributed by atoms with van der Waals surface area (Å²) in [5.41, 5.74) is 7.30. The number of aryl methyl sites for hydroxylation is 1. The SMILES string of the molecule is Cc1cc(Oc2ccccc2Cl)c(Cl)cc1N. The van der Waals surface area contributed by atoms with Gasteiger partial charge in [-0.25, -0.2) is 0 Å². The molecule has 0 atom stereocenters. The van der Waals surface area contributed by atoms with E-state index >= 15 is 0 Å². The zero-order valence-electron chi connectivity index (χ0n) is 9.21. The molecule has 4 heteroatoms. The lowest BCUT2D eigenvalue weighted by molar-refractivity contribution is 0.483. The highest BCUT2D eigenvalue weighted by Gasteiger charge is 2.08. The Morgan fingerprint density at radius 2 is 1.71 bits per heavy atom. The largest absolute Gasteiger partial charge is 0.454 e. The van der Waals surface area contributed by atoms with Gasteiger partial charge < -0.3 is 10.5 Å². The van der Waals surface area contributed by atoms with Crippen LogP contribution in [0, 0.1) is 6.92 Å². The zero-order valence-corrected chi connectivity index (χ0v) is 10.7. The van der Waals surface area contributed by atoms with Gasteiger partial charge in [-0.05, 0) is 36.8 Å². The van der Waals surface area contributed by atoms with E-state index in [-0.39, 0.29) is 0 Å². The minimum atomic E-state index is 0.466. The van der Waals surface area contributed by atoms with Crippen molar-refractivity contribution in [3.63, 3.8) is 0 Å². The standard InChI is InChI=1S/C13H11Cl2NO/c1-8-6-13(10(15)7-11(8)16)17-12-5-3-2-4-9(12)14/h2-7H,16H2,1H3. The molecule has 0 fully saturated rings. The van der Waals surface area contributed by atoms with Crippen LogP contribution in [0.15, 0.2) is 36.4 Å². The highest BCUT2D eigenvalue weighted by atomic mass is 35.5. The third-order valence-electron chi connectivity index (χ3n) is 2.38. The fraction of sp³-hybridized carbons (Fsp3) is 0.0769. The molecule has 0 aromatic heterocycles. The lowest BCUT2D eigenvalue weighted by Gasteiger charge is -2.11. The number of halogens is 2. The van der Waals surface area contributed by atoms with Crippen molar-refractivity contribution in [2.75, 3.05) is 5.73 Å². The number of hydrogen-bond donors (Lipinski definition) is 1. The van der Waals surface area contributed by atoms with Crippen LogP contribution in [-0.2, 0) is 0 Å². The molecule has 0 amide bonds. The Labute approximate surface area is 110 Å². The Kier molecular flexibility index (Phi) is 3.46. The molecule has 0 spiro atoms. The number of ether oxygens (including phenoxy) is 1. The predicted molar refractivity (Wildman–Crippen MR) is 72.1 cm³/mol. The van der Waals surface area contributed by atoms with Crippen LogP contribution in [0.5, 0.6) is 11.5 Å². The van der Waals surface area contributed by atoms with E-state index in [0.717, 1.165) is 5.56 Å². The van der Waals surface area contributed by atoms with Crippen LogP contribution >= 0.6 is 23.2 Å². The molecule has 2 N–H and O–H groups in total. The number of anilines is 1. The molecule has 0 bridgehead atoms. The van der Waals surface area contributed by atoms with Crippen LogP contribution in [0.1, 0.15) is 5.56 Å². The second kappa shape index (κ2) is 4.86. The van der Waals surface area contributed by atoms with Crippen molar-refractivity contribution in [3.8, 4) is 11.5 Å². The average Bonchev–Trinajstić information content (AvgIpc) is 2.29. The van der Waals surface area contributed by atoms with E-state index in [4.69, 9.17) is 33.7 Å². The summed E-state index contributed by atoms with van der Waals surface area (Å²) in [7, 11) is 0. The molecule has 0 aliphatic rings. The maximum atomic E-state index is 6.06. The Balaban J connectivity index is 2.37. The first-order valence-corrected chi connectivity index (χ1v) is 5.81. The Morgan fingerprint density at radius 3 is 2.41 bits per heavy atom. The van der Waals surface area contributed by atoms with E-state index in [2.05, 4.69) is 0 Å². The second-order valence-electron chi connectivity index (χ2n) is 3.67. The molecule has 0 aliphatic heterocycles. The average molecular weight is 268 g/mol. The van der Waals surface area contributed by atoms with Gasteiger partial charge in [0.25, 0.3) is 0 Å². The second-order valence-corrected chi connectivity index (χ2v) is 4.49. The van der Waals surface area contributed by atoms with E-state index in [0.29, 0.717) is 27.2 Å². The maximum Gasteiger partial charge on any atom is 0.146 e. The minimum Gasteiger partial charge on any atom is -0.454 e. The van der Waals surface area contributed by atoms with E-state index < -0.39 is 0 Å². The van der Waals surface area contributed by atoms with Crippen LogP contribution in [0.3, 0.4) is 0 Å². The van der Waals surface area contributed by atoms with Crippen LogP contribution < -0.4 is 10.5 Å². The molecular formula is C13H11Cl2NO. The summed E-state index contributed by atoms with van der Waals surface area (Å²) >= 11 is 12.1. The van der Waals surface area contributed by atoms with E-state index in [9.17, 15) is 0 Å². The fourth-order valence-electron chi connectivity index (χ4n) is 1.39. The Morgan fingerprint density at radius 1 is 1.00 bits per heavy atom. The van der Waals surface area contributed by atoms with Crippen molar-refractivity contribution in [2.45, 2.75) is 6.92 Å². The summed E-state index contributed by atoms with van der Waals surface area (Å²) < 4.78 is 5.66. The van der Waals surface area contributed by atoms with Crippen LogP contribution in [0.4, 0.5) is 5.69 Å². The molecule has 2 aromatic carbocycles. The van der Waals surface area contributed by atoms with Crippen molar-refractivity contribution >= 4 is 28.9 Å². The molecule has 17 heavy (non-hydrogen) atoms. The fourth-order valence-corrected chi connectivity index (χ4v) is 1.78. The van der Waals surface area contributed by atoms with E-state index in [1.165, 1.54) is 0 Å². The van der Waals surface area contributed by atoms with Gasteiger partial charge in [-0.15, -0.1) is 0 Å². The number of benzene rings is 2. The first kappa shape index (κ1) is 12.1. The van der Waals surface area contributed by atoms with Crippen molar-refractivity contribution < 1.29 is 4.74 Å². The van der Waals surface area contributed by atoms with Crippen LogP contribution in [0.2, 0.25) is 10.0 Å². The first-order chi connectivity index (χ1) is 8.08. The lowest BCUT2D eigenvalue weighted by atomic mass is 10.2. The summed E-state index contributed by atoms with van der Waals surface area (Å²) in [6, 6.07) is 10.7. The molecule has 0 unspecified atom stereocenters. The topological polar surface area (TPSA) is 35.2 Å². The molecule has 2 aromatic rings. The number of nitrogen functional groups attached to an aromatic ring is 1. The lowest BCUT2D eigenvalue weighted by Crippen LogP contribution is -1.92. The molecule has 0 radical (unpaired) electrons. The quantitative estimate of drug-likeness (QED) is 0.803. The predicted octanol–water partition coefficient (Wildman–Crippen LogP) is 4.68. The maximum absolute atomic E-state index is 6.06. The monoisotopic (exact) mass is 267 g/mol. The number of hydrogen-bond acceptors (Lipinski definition) is 2. The summed E-state index contributed by atoms with van der Waals surface area (Å²) in [5.74, 6) is 1.12. The van der Waals surface area contributed by atoms with Gasteiger partial charge in [0, 0.05) is 5.69 Å². The summed E-state index contributed by atoms with van der Waals surface area (Å²) in [5, 5.41) is 1.01. The highest BCUT2D eigenvalue weighted by Crippen LogP contribution is 2.35. The molecule has 0 aliphatic carbocycles. The van der Waals surface area contributed by atoms with Gasteiger partial charge in [0.1, 0.15) is 11.5 Å². The smallest absolute Gasteiger partial charge is 0.146 e. The van der Waals surface area contributed by atoms with E-state index in [1.54, 1.807) is 24.3 Å². The third-order valence-corrected chi connectivity index (χ3v) is 2.98. The third kappa shape index (κ3) is 2.65. The molecule has 88 valence electrons. The number of rotatable bonds is 2. The molecular weight excluding hydrogens is 257 g/mol. The van der Waals surface area contributed by atoms with Gasteiger partial charge in [-0.1, -0.05) is 35.3 Å². The molecule has 2 rings (SSSR count). The first-order valence-electron chi connectivity index (χ1n) is 5.06. The van der Waals surface area contributed by atoms with Crippen molar-refractivity contribution in [1.29, 1.82) is 0 Å². The summed E-state index contributed by atoms with van der Waals surface area (Å²) in [4.78, 5) is 0. The van der Waals surface area contributed by atoms with Crippen LogP contribution in [-0.4, -0.2) is 0 Å². The van der Waals surface area contributed by atoms with Gasteiger partial charge >= 0.3 is 0 Å². The van der Waals surface area contributed by atoms with Crippen molar-refractivity contribution in [1.82, 2.24) is 0 Å². The highest BCUT2D eigenvalue weighted by molar-refractivity contribution is 6.33. The normalized spacial score (nSPS) is 10.3.